The molecule has 0 unspecified atom stereocenters. The first-order valence-electron chi connectivity index (χ1n) is 5.99. The number of allylic oxidation sites excluding steroid dienone is 5. The van der Waals surface area contributed by atoms with Crippen molar-refractivity contribution in [3.8, 4) is 0 Å². The summed E-state index contributed by atoms with van der Waals surface area (Å²) in [4.78, 5) is 0. The lowest BCUT2D eigenvalue weighted by molar-refractivity contribution is -0.0888. The predicted molar refractivity (Wildman–Crippen MR) is 71.4 cm³/mol. The molecule has 0 rings (SSSR count). The van der Waals surface area contributed by atoms with E-state index in [0.717, 1.165) is 24.5 Å². The first kappa shape index (κ1) is 16.8. The number of halogens is 3. The van der Waals surface area contributed by atoms with Crippen molar-refractivity contribution in [1.29, 1.82) is 0 Å². The maximum Gasteiger partial charge on any atom is 0.416 e. The van der Waals surface area contributed by atoms with Crippen molar-refractivity contribution < 1.29 is 13.2 Å². The lowest BCUT2D eigenvalue weighted by Crippen LogP contribution is -2.12. The van der Waals surface area contributed by atoms with Crippen LogP contribution in [0, 0.1) is 0 Å². The van der Waals surface area contributed by atoms with E-state index in [1.54, 1.807) is 0 Å². The fourth-order valence-electron chi connectivity index (χ4n) is 1.67. The van der Waals surface area contributed by atoms with Crippen molar-refractivity contribution in [2.75, 3.05) is 0 Å². The summed E-state index contributed by atoms with van der Waals surface area (Å²) in [6.07, 6.45) is -0.412. The SMILES string of the molecule is C=C/C(=C(\C)C(=C)CCC(=C)CCC)C(F)(F)F. The Morgan fingerprint density at radius 1 is 1.11 bits per heavy atom. The molecule has 0 amide bonds. The molecule has 0 fully saturated rings. The van der Waals surface area contributed by atoms with E-state index < -0.39 is 11.7 Å². The minimum atomic E-state index is -4.37. The predicted octanol–water partition coefficient (Wildman–Crippen LogP) is 5.74. The Kier molecular flexibility index (Phi) is 6.74. The smallest absolute Gasteiger partial charge is 0.166 e. The molecule has 0 saturated carbocycles. The number of hydrogen-bond acceptors (Lipinski definition) is 0. The lowest BCUT2D eigenvalue weighted by atomic mass is 9.96. The molecule has 0 bridgehead atoms. The standard InChI is InChI=1S/C15H21F3/c1-6-8-11(3)9-10-12(4)13(5)14(7-2)15(16,17)18/h7H,2-4,6,8-10H2,1,5H3/b14-13-. The average Bonchev–Trinajstić information content (AvgIpc) is 2.25. The van der Waals surface area contributed by atoms with E-state index in [0.29, 0.717) is 18.4 Å². The van der Waals surface area contributed by atoms with Gasteiger partial charge in [-0.15, -0.1) is 0 Å². The van der Waals surface area contributed by atoms with Crippen LogP contribution in [0.15, 0.2) is 48.1 Å². The van der Waals surface area contributed by atoms with Crippen LogP contribution in [0.5, 0.6) is 0 Å². The molecule has 3 heteroatoms. The van der Waals surface area contributed by atoms with Crippen LogP contribution < -0.4 is 0 Å². The quantitative estimate of drug-likeness (QED) is 0.403. The van der Waals surface area contributed by atoms with Crippen molar-refractivity contribution in [2.45, 2.75) is 45.7 Å². The summed E-state index contributed by atoms with van der Waals surface area (Å²) in [5, 5.41) is 0. The van der Waals surface area contributed by atoms with Gasteiger partial charge in [-0.2, -0.15) is 13.2 Å². The van der Waals surface area contributed by atoms with Gasteiger partial charge in [0.2, 0.25) is 0 Å². The van der Waals surface area contributed by atoms with E-state index in [4.69, 9.17) is 0 Å². The van der Waals surface area contributed by atoms with Crippen LogP contribution in [0.1, 0.15) is 39.5 Å². The molecule has 0 aromatic carbocycles. The van der Waals surface area contributed by atoms with E-state index in [-0.39, 0.29) is 5.57 Å². The largest absolute Gasteiger partial charge is 0.416 e. The minimum absolute atomic E-state index is 0.168. The van der Waals surface area contributed by atoms with Gasteiger partial charge < -0.3 is 0 Å². The zero-order chi connectivity index (χ0) is 14.3. The Morgan fingerprint density at radius 3 is 2.06 bits per heavy atom. The summed E-state index contributed by atoms with van der Waals surface area (Å²) >= 11 is 0. The Hall–Kier alpha value is -1.25. The van der Waals surface area contributed by atoms with Crippen LogP contribution in [0.25, 0.3) is 0 Å². The summed E-state index contributed by atoms with van der Waals surface area (Å²) in [7, 11) is 0. The van der Waals surface area contributed by atoms with Gasteiger partial charge in [-0.3, -0.25) is 0 Å². The highest BCUT2D eigenvalue weighted by atomic mass is 19.4. The second-order valence-electron chi connectivity index (χ2n) is 4.34. The van der Waals surface area contributed by atoms with Crippen molar-refractivity contribution in [1.82, 2.24) is 0 Å². The third-order valence-corrected chi connectivity index (χ3v) is 2.83. The molecular weight excluding hydrogens is 237 g/mol. The van der Waals surface area contributed by atoms with Crippen molar-refractivity contribution in [2.24, 2.45) is 0 Å². The number of hydrogen-bond donors (Lipinski definition) is 0. The molecule has 0 heterocycles. The van der Waals surface area contributed by atoms with Crippen LogP contribution in [0.3, 0.4) is 0 Å². The molecule has 18 heavy (non-hydrogen) atoms. The highest BCUT2D eigenvalue weighted by Gasteiger charge is 2.33. The summed E-state index contributed by atoms with van der Waals surface area (Å²) < 4.78 is 38.0. The van der Waals surface area contributed by atoms with Crippen LogP contribution in [-0.4, -0.2) is 6.18 Å². The third-order valence-electron chi connectivity index (χ3n) is 2.83. The fourth-order valence-corrected chi connectivity index (χ4v) is 1.67. The van der Waals surface area contributed by atoms with Crippen LogP contribution in [-0.2, 0) is 0 Å². The normalized spacial score (nSPS) is 12.9. The Balaban J connectivity index is 4.73. The Morgan fingerprint density at radius 2 is 1.67 bits per heavy atom. The monoisotopic (exact) mass is 258 g/mol. The van der Waals surface area contributed by atoms with Crippen LogP contribution in [0.2, 0.25) is 0 Å². The topological polar surface area (TPSA) is 0 Å². The molecule has 0 aliphatic carbocycles. The van der Waals surface area contributed by atoms with E-state index in [9.17, 15) is 13.2 Å². The molecule has 0 radical (unpaired) electrons. The lowest BCUT2D eigenvalue weighted by Gasteiger charge is -2.14. The molecule has 0 N–H and O–H groups in total. The van der Waals surface area contributed by atoms with E-state index in [1.165, 1.54) is 6.92 Å². The Labute approximate surface area is 108 Å². The van der Waals surface area contributed by atoms with Gasteiger partial charge in [0.05, 0.1) is 5.57 Å². The van der Waals surface area contributed by atoms with Crippen LogP contribution >= 0.6 is 0 Å². The van der Waals surface area contributed by atoms with Crippen molar-refractivity contribution >= 4 is 0 Å². The molecule has 0 aliphatic heterocycles. The Bertz CT molecular complexity index is 356. The van der Waals surface area contributed by atoms with Crippen molar-refractivity contribution in [3.63, 3.8) is 0 Å². The van der Waals surface area contributed by atoms with E-state index >= 15 is 0 Å². The highest BCUT2D eigenvalue weighted by molar-refractivity contribution is 5.39. The van der Waals surface area contributed by atoms with Gasteiger partial charge in [-0.05, 0) is 31.8 Å². The molecule has 0 nitrogen and oxygen atoms in total. The van der Waals surface area contributed by atoms with Gasteiger partial charge in [-0.1, -0.05) is 50.3 Å². The molecule has 0 aromatic rings. The molecule has 0 spiro atoms. The van der Waals surface area contributed by atoms with Crippen molar-refractivity contribution in [3.05, 3.63) is 48.1 Å². The second kappa shape index (κ2) is 7.24. The first-order chi connectivity index (χ1) is 8.23. The maximum absolute atomic E-state index is 12.7. The van der Waals surface area contributed by atoms with Gasteiger partial charge in [-0.25, -0.2) is 0 Å². The zero-order valence-corrected chi connectivity index (χ0v) is 11.2. The minimum Gasteiger partial charge on any atom is -0.166 e. The summed E-state index contributed by atoms with van der Waals surface area (Å²) in [6, 6.07) is 0. The third kappa shape index (κ3) is 5.39. The summed E-state index contributed by atoms with van der Waals surface area (Å²) in [5.74, 6) is 0. The first-order valence-corrected chi connectivity index (χ1v) is 5.99. The number of alkyl halides is 3. The van der Waals surface area contributed by atoms with E-state index in [2.05, 4.69) is 19.7 Å². The molecule has 0 saturated heterocycles. The molecule has 0 aliphatic rings. The van der Waals surface area contributed by atoms with Crippen LogP contribution in [0.4, 0.5) is 13.2 Å². The molecule has 102 valence electrons. The maximum atomic E-state index is 12.7. The van der Waals surface area contributed by atoms with E-state index in [1.807, 2.05) is 6.92 Å². The molecule has 0 aromatic heterocycles. The molecular formula is C15H21F3. The fraction of sp³-hybridized carbons (Fsp3) is 0.467. The summed E-state index contributed by atoms with van der Waals surface area (Å²) in [6.45, 7) is 14.3. The van der Waals surface area contributed by atoms with Gasteiger partial charge in [0.25, 0.3) is 0 Å². The zero-order valence-electron chi connectivity index (χ0n) is 11.2. The number of rotatable bonds is 7. The van der Waals surface area contributed by atoms with Gasteiger partial charge in [0, 0.05) is 0 Å². The molecule has 0 atom stereocenters. The van der Waals surface area contributed by atoms with Gasteiger partial charge >= 0.3 is 6.18 Å². The average molecular weight is 258 g/mol. The summed E-state index contributed by atoms with van der Waals surface area (Å²) in [5.41, 5.74) is 1.02. The van der Waals surface area contributed by atoms with Gasteiger partial charge in [0.15, 0.2) is 0 Å². The second-order valence-corrected chi connectivity index (χ2v) is 4.34. The van der Waals surface area contributed by atoms with Gasteiger partial charge in [0.1, 0.15) is 0 Å². The highest BCUT2D eigenvalue weighted by Crippen LogP contribution is 2.32.